The number of hydrogen-bond acceptors (Lipinski definition) is 4. The van der Waals surface area contributed by atoms with Crippen LogP contribution in [-0.2, 0) is 17.8 Å². The molecule has 1 aliphatic rings. The zero-order chi connectivity index (χ0) is 14.7. The van der Waals surface area contributed by atoms with Crippen molar-refractivity contribution in [3.8, 4) is 0 Å². The molecule has 21 heavy (non-hydrogen) atoms. The molecule has 2 heterocycles. The number of rotatable bonds is 4. The van der Waals surface area contributed by atoms with Crippen molar-refractivity contribution in [2.75, 3.05) is 13.6 Å². The summed E-state index contributed by atoms with van der Waals surface area (Å²) in [5.41, 5.74) is 2.51. The van der Waals surface area contributed by atoms with Crippen molar-refractivity contribution in [2.24, 2.45) is 0 Å². The van der Waals surface area contributed by atoms with Crippen LogP contribution in [-0.4, -0.2) is 39.6 Å². The Hall–Kier alpha value is -2.21. The van der Waals surface area contributed by atoms with E-state index in [1.807, 2.05) is 12.1 Å². The SMILES string of the molecule is CN1Cc2ccccc2C(NC(=O)CCc2ncn[nH]2)C1. The molecule has 2 aromatic rings. The molecular formula is C15H19N5O. The van der Waals surface area contributed by atoms with Gasteiger partial charge in [-0.05, 0) is 18.2 Å². The maximum Gasteiger partial charge on any atom is 0.220 e. The van der Waals surface area contributed by atoms with E-state index in [0.29, 0.717) is 12.8 Å². The minimum Gasteiger partial charge on any atom is -0.348 e. The third kappa shape index (κ3) is 3.28. The van der Waals surface area contributed by atoms with Gasteiger partial charge in [-0.15, -0.1) is 0 Å². The van der Waals surface area contributed by atoms with Crippen LogP contribution < -0.4 is 5.32 Å². The van der Waals surface area contributed by atoms with Gasteiger partial charge in [0.1, 0.15) is 12.2 Å². The van der Waals surface area contributed by atoms with Crippen molar-refractivity contribution >= 4 is 5.91 Å². The van der Waals surface area contributed by atoms with E-state index in [0.717, 1.165) is 18.9 Å². The van der Waals surface area contributed by atoms with E-state index < -0.39 is 0 Å². The molecule has 2 N–H and O–H groups in total. The van der Waals surface area contributed by atoms with E-state index in [9.17, 15) is 4.79 Å². The van der Waals surface area contributed by atoms with Gasteiger partial charge in [0, 0.05) is 25.9 Å². The molecule has 1 amide bonds. The summed E-state index contributed by atoms with van der Waals surface area (Å²) in [6.45, 7) is 1.77. The average molecular weight is 285 g/mol. The molecule has 0 spiro atoms. The van der Waals surface area contributed by atoms with Crippen LogP contribution in [0.25, 0.3) is 0 Å². The molecule has 3 rings (SSSR count). The van der Waals surface area contributed by atoms with Crippen molar-refractivity contribution < 1.29 is 4.79 Å². The van der Waals surface area contributed by atoms with Crippen LogP contribution in [0.1, 0.15) is 29.4 Å². The molecule has 1 unspecified atom stereocenters. The Morgan fingerprint density at radius 1 is 1.48 bits per heavy atom. The predicted octanol–water partition coefficient (Wildman–Crippen LogP) is 1.04. The lowest BCUT2D eigenvalue weighted by Gasteiger charge is -2.32. The number of aromatic nitrogens is 3. The fourth-order valence-corrected chi connectivity index (χ4v) is 2.76. The molecule has 0 bridgehead atoms. The summed E-state index contributed by atoms with van der Waals surface area (Å²) in [4.78, 5) is 18.4. The number of nitrogens with one attached hydrogen (secondary N) is 2. The molecule has 0 saturated heterocycles. The van der Waals surface area contributed by atoms with Gasteiger partial charge in [-0.25, -0.2) is 4.98 Å². The second-order valence-electron chi connectivity index (χ2n) is 5.45. The summed E-state index contributed by atoms with van der Waals surface area (Å²) in [5.74, 6) is 0.785. The first-order chi connectivity index (χ1) is 10.2. The minimum absolute atomic E-state index is 0.0431. The summed E-state index contributed by atoms with van der Waals surface area (Å²) >= 11 is 0. The molecule has 1 aliphatic heterocycles. The Labute approximate surface area is 123 Å². The molecular weight excluding hydrogens is 266 g/mol. The maximum atomic E-state index is 12.1. The smallest absolute Gasteiger partial charge is 0.220 e. The largest absolute Gasteiger partial charge is 0.348 e. The molecule has 1 atom stereocenters. The molecule has 110 valence electrons. The number of likely N-dealkylation sites (N-methyl/N-ethyl adjacent to an activating group) is 1. The van der Waals surface area contributed by atoms with Crippen molar-refractivity contribution in [2.45, 2.75) is 25.4 Å². The monoisotopic (exact) mass is 285 g/mol. The summed E-state index contributed by atoms with van der Waals surface area (Å²) in [6.07, 6.45) is 2.45. The summed E-state index contributed by atoms with van der Waals surface area (Å²) < 4.78 is 0. The Balaban J connectivity index is 1.63. The summed E-state index contributed by atoms with van der Waals surface area (Å²) in [5, 5.41) is 9.68. The molecule has 0 radical (unpaired) electrons. The first-order valence-electron chi connectivity index (χ1n) is 7.12. The van der Waals surface area contributed by atoms with E-state index in [1.165, 1.54) is 17.5 Å². The number of hydrogen-bond donors (Lipinski definition) is 2. The second kappa shape index (κ2) is 6.05. The Morgan fingerprint density at radius 3 is 3.14 bits per heavy atom. The second-order valence-corrected chi connectivity index (χ2v) is 5.45. The van der Waals surface area contributed by atoms with Crippen molar-refractivity contribution in [1.29, 1.82) is 0 Å². The van der Waals surface area contributed by atoms with Crippen LogP contribution >= 0.6 is 0 Å². The fraction of sp³-hybridized carbons (Fsp3) is 0.400. The molecule has 0 fully saturated rings. The molecule has 1 aromatic heterocycles. The van der Waals surface area contributed by atoms with Gasteiger partial charge >= 0.3 is 0 Å². The van der Waals surface area contributed by atoms with Gasteiger partial charge in [0.05, 0.1) is 6.04 Å². The van der Waals surface area contributed by atoms with Gasteiger partial charge in [-0.1, -0.05) is 24.3 Å². The highest BCUT2D eigenvalue weighted by Gasteiger charge is 2.24. The van der Waals surface area contributed by atoms with Gasteiger partial charge in [0.2, 0.25) is 5.91 Å². The number of aryl methyl sites for hydroxylation is 1. The molecule has 0 aliphatic carbocycles. The van der Waals surface area contributed by atoms with Crippen molar-refractivity contribution in [3.05, 3.63) is 47.5 Å². The van der Waals surface area contributed by atoms with Gasteiger partial charge < -0.3 is 5.32 Å². The number of H-pyrrole nitrogens is 1. The van der Waals surface area contributed by atoms with Crippen molar-refractivity contribution in [1.82, 2.24) is 25.4 Å². The number of carbonyl (C=O) groups excluding carboxylic acids is 1. The molecule has 0 saturated carbocycles. The van der Waals surface area contributed by atoms with E-state index in [1.54, 1.807) is 0 Å². The van der Waals surface area contributed by atoms with Crippen LogP contribution in [0.3, 0.4) is 0 Å². The van der Waals surface area contributed by atoms with E-state index in [-0.39, 0.29) is 11.9 Å². The third-order valence-electron chi connectivity index (χ3n) is 3.75. The Bertz CT molecular complexity index is 610. The highest BCUT2D eigenvalue weighted by Crippen LogP contribution is 2.25. The molecule has 6 nitrogen and oxygen atoms in total. The highest BCUT2D eigenvalue weighted by molar-refractivity contribution is 5.76. The topological polar surface area (TPSA) is 73.9 Å². The zero-order valence-electron chi connectivity index (χ0n) is 12.0. The van der Waals surface area contributed by atoms with Crippen LogP contribution in [0.15, 0.2) is 30.6 Å². The Morgan fingerprint density at radius 2 is 2.33 bits per heavy atom. The minimum atomic E-state index is 0.0431. The number of amides is 1. The van der Waals surface area contributed by atoms with Crippen LogP contribution in [0, 0.1) is 0 Å². The first-order valence-corrected chi connectivity index (χ1v) is 7.12. The normalized spacial score (nSPS) is 18.2. The molecule has 1 aromatic carbocycles. The van der Waals surface area contributed by atoms with Crippen molar-refractivity contribution in [3.63, 3.8) is 0 Å². The predicted molar refractivity (Wildman–Crippen MR) is 78.4 cm³/mol. The number of carbonyl (C=O) groups is 1. The number of fused-ring (bicyclic) bond motifs is 1. The van der Waals surface area contributed by atoms with Crippen LogP contribution in [0.2, 0.25) is 0 Å². The van der Waals surface area contributed by atoms with E-state index >= 15 is 0 Å². The quantitative estimate of drug-likeness (QED) is 0.880. The highest BCUT2D eigenvalue weighted by atomic mass is 16.1. The van der Waals surface area contributed by atoms with Gasteiger partial charge in [-0.2, -0.15) is 5.10 Å². The van der Waals surface area contributed by atoms with Gasteiger partial charge in [-0.3, -0.25) is 14.8 Å². The lowest BCUT2D eigenvalue weighted by molar-refractivity contribution is -0.122. The summed E-state index contributed by atoms with van der Waals surface area (Å²) in [6, 6.07) is 8.35. The average Bonchev–Trinajstić information content (AvgIpc) is 2.98. The Kier molecular flexibility index (Phi) is 3.96. The molecule has 6 heteroatoms. The maximum absolute atomic E-state index is 12.1. The first kappa shape index (κ1) is 13.8. The van der Waals surface area contributed by atoms with Crippen LogP contribution in [0.4, 0.5) is 0 Å². The third-order valence-corrected chi connectivity index (χ3v) is 3.75. The van der Waals surface area contributed by atoms with Gasteiger partial charge in [0.25, 0.3) is 0 Å². The van der Waals surface area contributed by atoms with E-state index in [2.05, 4.69) is 44.6 Å². The number of aromatic amines is 1. The summed E-state index contributed by atoms with van der Waals surface area (Å²) in [7, 11) is 2.07. The van der Waals surface area contributed by atoms with Gasteiger partial charge in [0.15, 0.2) is 0 Å². The number of nitrogens with zero attached hydrogens (tertiary/aromatic N) is 3. The lowest BCUT2D eigenvalue weighted by atomic mass is 9.95. The van der Waals surface area contributed by atoms with Crippen LogP contribution in [0.5, 0.6) is 0 Å². The lowest BCUT2D eigenvalue weighted by Crippen LogP contribution is -2.40. The number of benzene rings is 1. The standard InChI is InChI=1S/C15H19N5O/c1-20-8-11-4-2-3-5-12(11)13(9-20)18-15(21)7-6-14-16-10-17-19-14/h2-5,10,13H,6-9H2,1H3,(H,18,21)(H,16,17,19). The fourth-order valence-electron chi connectivity index (χ4n) is 2.76. The zero-order valence-corrected chi connectivity index (χ0v) is 12.0. The van der Waals surface area contributed by atoms with E-state index in [4.69, 9.17) is 0 Å².